The van der Waals surface area contributed by atoms with Gasteiger partial charge in [-0.2, -0.15) is 0 Å². The van der Waals surface area contributed by atoms with Gasteiger partial charge in [-0.25, -0.2) is 0 Å². The zero-order valence-electron chi connectivity index (χ0n) is 9.60. The first-order valence-electron chi connectivity index (χ1n) is 6.62. The Labute approximate surface area is 88.7 Å². The van der Waals surface area contributed by atoms with Gasteiger partial charge >= 0.3 is 0 Å². The monoisotopic (exact) mass is 195 g/mol. The van der Waals surface area contributed by atoms with Crippen LogP contribution in [0.4, 0.5) is 0 Å². The van der Waals surface area contributed by atoms with Crippen LogP contribution in [0.3, 0.4) is 0 Å². The van der Waals surface area contributed by atoms with Crippen molar-refractivity contribution in [1.29, 1.82) is 0 Å². The van der Waals surface area contributed by atoms with Crippen molar-refractivity contribution in [3.8, 4) is 0 Å². The molecule has 2 aliphatic carbocycles. The molecule has 2 rings (SSSR count). The Balaban J connectivity index is 1.70. The van der Waals surface area contributed by atoms with Crippen LogP contribution in [0.25, 0.3) is 0 Å². The van der Waals surface area contributed by atoms with Gasteiger partial charge in [0.25, 0.3) is 0 Å². The first-order chi connectivity index (χ1) is 6.86. The van der Waals surface area contributed by atoms with E-state index in [0.717, 1.165) is 18.0 Å². The van der Waals surface area contributed by atoms with E-state index in [4.69, 9.17) is 0 Å². The van der Waals surface area contributed by atoms with E-state index in [1.807, 2.05) is 0 Å². The molecular formula is C13H25N. The van der Waals surface area contributed by atoms with Gasteiger partial charge in [0.1, 0.15) is 0 Å². The maximum Gasteiger partial charge on any atom is 0.00696 e. The van der Waals surface area contributed by atoms with Crippen molar-refractivity contribution in [2.45, 2.75) is 76.8 Å². The van der Waals surface area contributed by atoms with Gasteiger partial charge in [-0.15, -0.1) is 0 Å². The fourth-order valence-electron chi connectivity index (χ4n) is 2.73. The predicted octanol–water partition coefficient (Wildman–Crippen LogP) is 3.49. The van der Waals surface area contributed by atoms with Gasteiger partial charge in [0.15, 0.2) is 0 Å². The van der Waals surface area contributed by atoms with Crippen LogP contribution in [-0.2, 0) is 0 Å². The Kier molecular flexibility index (Phi) is 3.86. The molecule has 2 saturated carbocycles. The molecule has 0 aromatic heterocycles. The predicted molar refractivity (Wildman–Crippen MR) is 61.4 cm³/mol. The SMILES string of the molecule is CC(NC1CCCCCCC1)C1CC1. The molecule has 0 heterocycles. The van der Waals surface area contributed by atoms with E-state index in [9.17, 15) is 0 Å². The van der Waals surface area contributed by atoms with E-state index < -0.39 is 0 Å². The smallest absolute Gasteiger partial charge is 0.00696 e. The molecule has 0 saturated heterocycles. The Hall–Kier alpha value is -0.0400. The molecule has 1 heteroatoms. The molecule has 0 spiro atoms. The largest absolute Gasteiger partial charge is 0.311 e. The van der Waals surface area contributed by atoms with E-state index in [1.54, 1.807) is 0 Å². The molecule has 0 radical (unpaired) electrons. The minimum atomic E-state index is 0.791. The van der Waals surface area contributed by atoms with Crippen LogP contribution >= 0.6 is 0 Å². The second-order valence-electron chi connectivity index (χ2n) is 5.33. The molecule has 1 atom stereocenters. The van der Waals surface area contributed by atoms with Crippen molar-refractivity contribution in [1.82, 2.24) is 5.32 Å². The zero-order chi connectivity index (χ0) is 9.80. The summed E-state index contributed by atoms with van der Waals surface area (Å²) in [5.74, 6) is 1.01. The highest BCUT2D eigenvalue weighted by Gasteiger charge is 2.29. The summed E-state index contributed by atoms with van der Waals surface area (Å²) in [5, 5.41) is 3.85. The molecule has 1 N–H and O–H groups in total. The average Bonchev–Trinajstić information content (AvgIpc) is 2.91. The molecule has 1 nitrogen and oxygen atoms in total. The molecule has 0 amide bonds. The summed E-state index contributed by atoms with van der Waals surface area (Å²) in [7, 11) is 0. The highest BCUT2D eigenvalue weighted by atomic mass is 15.0. The van der Waals surface area contributed by atoms with Crippen LogP contribution in [0.15, 0.2) is 0 Å². The lowest BCUT2D eigenvalue weighted by Crippen LogP contribution is -2.38. The van der Waals surface area contributed by atoms with Crippen molar-refractivity contribution in [2.75, 3.05) is 0 Å². The van der Waals surface area contributed by atoms with Crippen LogP contribution in [0, 0.1) is 5.92 Å². The van der Waals surface area contributed by atoms with Crippen molar-refractivity contribution in [3.63, 3.8) is 0 Å². The van der Waals surface area contributed by atoms with Crippen molar-refractivity contribution in [3.05, 3.63) is 0 Å². The summed E-state index contributed by atoms with van der Waals surface area (Å²) < 4.78 is 0. The Bertz CT molecular complexity index is 155. The van der Waals surface area contributed by atoms with E-state index in [1.165, 1.54) is 57.8 Å². The average molecular weight is 195 g/mol. The number of nitrogens with one attached hydrogen (secondary N) is 1. The molecule has 1 unspecified atom stereocenters. The summed E-state index contributed by atoms with van der Waals surface area (Å²) >= 11 is 0. The molecule has 82 valence electrons. The molecule has 0 bridgehead atoms. The summed E-state index contributed by atoms with van der Waals surface area (Å²) in [4.78, 5) is 0. The van der Waals surface area contributed by atoms with Crippen LogP contribution in [0.5, 0.6) is 0 Å². The summed E-state index contributed by atoms with van der Waals surface area (Å²) in [6, 6.07) is 1.63. The van der Waals surface area contributed by atoms with Crippen molar-refractivity contribution in [2.24, 2.45) is 5.92 Å². The number of hydrogen-bond donors (Lipinski definition) is 1. The van der Waals surface area contributed by atoms with Crippen molar-refractivity contribution < 1.29 is 0 Å². The highest BCUT2D eigenvalue weighted by Crippen LogP contribution is 2.33. The van der Waals surface area contributed by atoms with E-state index in [2.05, 4.69) is 12.2 Å². The van der Waals surface area contributed by atoms with Gasteiger partial charge < -0.3 is 5.32 Å². The molecule has 0 aliphatic heterocycles. The molecule has 0 aromatic carbocycles. The first kappa shape index (κ1) is 10.5. The number of hydrogen-bond acceptors (Lipinski definition) is 1. The Morgan fingerprint density at radius 1 is 0.857 bits per heavy atom. The van der Waals surface area contributed by atoms with Gasteiger partial charge in [-0.05, 0) is 38.5 Å². The summed E-state index contributed by atoms with van der Waals surface area (Å²) in [6.07, 6.45) is 13.1. The second kappa shape index (κ2) is 5.16. The van der Waals surface area contributed by atoms with Crippen LogP contribution in [-0.4, -0.2) is 12.1 Å². The second-order valence-corrected chi connectivity index (χ2v) is 5.33. The third kappa shape index (κ3) is 3.27. The molecule has 2 fully saturated rings. The summed E-state index contributed by atoms with van der Waals surface area (Å²) in [5.41, 5.74) is 0. The van der Waals surface area contributed by atoms with E-state index >= 15 is 0 Å². The molecular weight excluding hydrogens is 170 g/mol. The highest BCUT2D eigenvalue weighted by molar-refractivity contribution is 4.85. The molecule has 0 aromatic rings. The lowest BCUT2D eigenvalue weighted by molar-refractivity contribution is 0.344. The maximum absolute atomic E-state index is 3.85. The maximum atomic E-state index is 3.85. The fourth-order valence-corrected chi connectivity index (χ4v) is 2.73. The quantitative estimate of drug-likeness (QED) is 0.727. The van der Waals surface area contributed by atoms with Gasteiger partial charge in [0.05, 0.1) is 0 Å². The Morgan fingerprint density at radius 2 is 1.43 bits per heavy atom. The zero-order valence-corrected chi connectivity index (χ0v) is 9.60. The Morgan fingerprint density at radius 3 is 2.00 bits per heavy atom. The number of rotatable bonds is 3. The van der Waals surface area contributed by atoms with Gasteiger partial charge in [0.2, 0.25) is 0 Å². The third-order valence-electron chi connectivity index (χ3n) is 3.93. The van der Waals surface area contributed by atoms with E-state index in [-0.39, 0.29) is 0 Å². The molecule has 2 aliphatic rings. The normalized spacial score (nSPS) is 28.1. The van der Waals surface area contributed by atoms with Gasteiger partial charge in [-0.3, -0.25) is 0 Å². The third-order valence-corrected chi connectivity index (χ3v) is 3.93. The molecule has 14 heavy (non-hydrogen) atoms. The van der Waals surface area contributed by atoms with Crippen molar-refractivity contribution >= 4 is 0 Å². The topological polar surface area (TPSA) is 12.0 Å². The van der Waals surface area contributed by atoms with Crippen LogP contribution in [0.2, 0.25) is 0 Å². The minimum Gasteiger partial charge on any atom is -0.311 e. The summed E-state index contributed by atoms with van der Waals surface area (Å²) in [6.45, 7) is 2.39. The fraction of sp³-hybridized carbons (Fsp3) is 1.00. The lowest BCUT2D eigenvalue weighted by Gasteiger charge is -2.25. The van der Waals surface area contributed by atoms with Crippen LogP contribution in [0.1, 0.15) is 64.7 Å². The van der Waals surface area contributed by atoms with Gasteiger partial charge in [-0.1, -0.05) is 32.1 Å². The minimum absolute atomic E-state index is 0.791. The van der Waals surface area contributed by atoms with Gasteiger partial charge in [0, 0.05) is 12.1 Å². The van der Waals surface area contributed by atoms with Crippen LogP contribution < -0.4 is 5.32 Å². The standard InChI is InChI=1S/C13H25N/c1-11(12-9-10-12)14-13-7-5-3-2-4-6-8-13/h11-14H,2-10H2,1H3. The lowest BCUT2D eigenvalue weighted by atomic mass is 9.96. The first-order valence-corrected chi connectivity index (χ1v) is 6.62. The van der Waals surface area contributed by atoms with E-state index in [0.29, 0.717) is 0 Å².